The smallest absolute Gasteiger partial charge is 0.321 e. The molecule has 2 atom stereocenters. The Labute approximate surface area is 185 Å². The van der Waals surface area contributed by atoms with Crippen molar-refractivity contribution in [2.75, 3.05) is 24.6 Å². The quantitative estimate of drug-likeness (QED) is 0.319. The second-order valence-corrected chi connectivity index (χ2v) is 9.47. The van der Waals surface area contributed by atoms with Crippen molar-refractivity contribution in [2.24, 2.45) is 11.5 Å². The predicted octanol–water partition coefficient (Wildman–Crippen LogP) is 2.42. The van der Waals surface area contributed by atoms with E-state index in [-0.39, 0.29) is 11.7 Å². The molecule has 0 radical (unpaired) electrons. The summed E-state index contributed by atoms with van der Waals surface area (Å²) in [6, 6.07) is 18.6. The number of carboxylic acid groups (broad SMARTS) is 1. The van der Waals surface area contributed by atoms with E-state index in [1.807, 2.05) is 41.3 Å². The van der Waals surface area contributed by atoms with Gasteiger partial charge in [0.25, 0.3) is 0 Å². The average Bonchev–Trinajstić information content (AvgIpc) is 2.77. The summed E-state index contributed by atoms with van der Waals surface area (Å²) in [6.07, 6.45) is 1.53. The molecule has 2 aromatic rings. The zero-order valence-electron chi connectivity index (χ0n) is 16.9. The van der Waals surface area contributed by atoms with Gasteiger partial charge in [-0.25, -0.2) is 0 Å². The van der Waals surface area contributed by atoms with Crippen molar-refractivity contribution in [1.29, 1.82) is 0 Å². The molecule has 0 aliphatic rings. The zero-order valence-corrected chi connectivity index (χ0v) is 18.5. The Hall–Kier alpha value is -2.00. The number of hydrogen-bond donors (Lipinski definition) is 3. The van der Waals surface area contributed by atoms with Crippen LogP contribution in [-0.2, 0) is 22.4 Å². The molecule has 1 amide bonds. The summed E-state index contributed by atoms with van der Waals surface area (Å²) >= 11 is 0. The molecule has 30 heavy (non-hydrogen) atoms. The Morgan fingerprint density at radius 2 is 1.23 bits per heavy atom. The SMILES string of the molecule is N[C@@H](CSSC[C@H](N)C(=O)N(CCc1ccccc1)CCc1ccccc1)C(=O)O. The Kier molecular flexibility index (Phi) is 10.8. The van der Waals surface area contributed by atoms with Crippen molar-refractivity contribution in [3.63, 3.8) is 0 Å². The van der Waals surface area contributed by atoms with Crippen molar-refractivity contribution in [3.8, 4) is 0 Å². The van der Waals surface area contributed by atoms with Gasteiger partial charge in [-0.1, -0.05) is 82.3 Å². The van der Waals surface area contributed by atoms with Crippen LogP contribution in [0.5, 0.6) is 0 Å². The van der Waals surface area contributed by atoms with E-state index in [4.69, 9.17) is 16.6 Å². The first-order chi connectivity index (χ1) is 14.5. The maximum atomic E-state index is 13.0. The molecular formula is C22H29N3O3S2. The van der Waals surface area contributed by atoms with Gasteiger partial charge >= 0.3 is 5.97 Å². The molecule has 0 heterocycles. The minimum absolute atomic E-state index is 0.0857. The minimum atomic E-state index is -1.03. The van der Waals surface area contributed by atoms with Gasteiger partial charge < -0.3 is 21.5 Å². The van der Waals surface area contributed by atoms with E-state index in [9.17, 15) is 9.59 Å². The first-order valence-electron chi connectivity index (χ1n) is 9.82. The lowest BCUT2D eigenvalue weighted by atomic mass is 10.1. The number of hydrogen-bond acceptors (Lipinski definition) is 6. The van der Waals surface area contributed by atoms with Crippen LogP contribution >= 0.6 is 21.6 Å². The third kappa shape index (κ3) is 8.79. The second-order valence-electron chi connectivity index (χ2n) is 6.92. The highest BCUT2D eigenvalue weighted by Gasteiger charge is 2.21. The summed E-state index contributed by atoms with van der Waals surface area (Å²) in [4.78, 5) is 25.6. The van der Waals surface area contributed by atoms with Crippen LogP contribution < -0.4 is 11.5 Å². The predicted molar refractivity (Wildman–Crippen MR) is 125 cm³/mol. The Balaban J connectivity index is 1.89. The monoisotopic (exact) mass is 447 g/mol. The fourth-order valence-electron chi connectivity index (χ4n) is 2.77. The lowest BCUT2D eigenvalue weighted by Gasteiger charge is -2.26. The van der Waals surface area contributed by atoms with E-state index in [1.54, 1.807) is 0 Å². The van der Waals surface area contributed by atoms with E-state index in [0.29, 0.717) is 18.8 Å². The van der Waals surface area contributed by atoms with Crippen molar-refractivity contribution in [1.82, 2.24) is 4.90 Å². The molecule has 2 aromatic carbocycles. The molecular weight excluding hydrogens is 418 g/mol. The summed E-state index contributed by atoms with van der Waals surface area (Å²) < 4.78 is 0. The van der Waals surface area contributed by atoms with Crippen LogP contribution in [0.25, 0.3) is 0 Å². The van der Waals surface area contributed by atoms with Gasteiger partial charge in [-0.15, -0.1) is 0 Å². The highest BCUT2D eigenvalue weighted by Crippen LogP contribution is 2.22. The number of benzene rings is 2. The maximum absolute atomic E-state index is 13.0. The van der Waals surface area contributed by atoms with E-state index in [2.05, 4.69) is 24.3 Å². The van der Waals surface area contributed by atoms with Crippen LogP contribution in [-0.4, -0.2) is 58.6 Å². The summed E-state index contributed by atoms with van der Waals surface area (Å²) in [5, 5.41) is 8.82. The number of amides is 1. The van der Waals surface area contributed by atoms with Gasteiger partial charge in [0.2, 0.25) is 5.91 Å². The van der Waals surface area contributed by atoms with Crippen molar-refractivity contribution in [2.45, 2.75) is 24.9 Å². The molecule has 5 N–H and O–H groups in total. The van der Waals surface area contributed by atoms with Crippen LogP contribution in [0, 0.1) is 0 Å². The van der Waals surface area contributed by atoms with Gasteiger partial charge in [0.1, 0.15) is 6.04 Å². The van der Waals surface area contributed by atoms with E-state index in [1.165, 1.54) is 32.7 Å². The van der Waals surface area contributed by atoms with Crippen LogP contribution in [0.3, 0.4) is 0 Å². The second kappa shape index (κ2) is 13.3. The lowest BCUT2D eigenvalue weighted by Crippen LogP contribution is -2.46. The Morgan fingerprint density at radius 3 is 1.67 bits per heavy atom. The number of carbonyl (C=O) groups is 2. The molecule has 6 nitrogen and oxygen atoms in total. The molecule has 0 fully saturated rings. The number of rotatable bonds is 13. The van der Waals surface area contributed by atoms with Crippen LogP contribution in [0.2, 0.25) is 0 Å². The Bertz CT molecular complexity index is 734. The number of nitrogens with two attached hydrogens (primary N) is 2. The van der Waals surface area contributed by atoms with Crippen molar-refractivity contribution in [3.05, 3.63) is 71.8 Å². The number of carboxylic acids is 1. The van der Waals surface area contributed by atoms with Crippen molar-refractivity contribution < 1.29 is 14.7 Å². The van der Waals surface area contributed by atoms with E-state index < -0.39 is 18.1 Å². The summed E-state index contributed by atoms with van der Waals surface area (Å²) in [5.41, 5.74) is 14.0. The minimum Gasteiger partial charge on any atom is -0.480 e. The molecule has 162 valence electrons. The molecule has 0 aliphatic heterocycles. The van der Waals surface area contributed by atoms with Crippen LogP contribution in [0.1, 0.15) is 11.1 Å². The van der Waals surface area contributed by atoms with Gasteiger partial charge in [0, 0.05) is 24.6 Å². The molecule has 2 rings (SSSR count). The zero-order chi connectivity index (χ0) is 21.8. The highest BCUT2D eigenvalue weighted by molar-refractivity contribution is 8.76. The summed E-state index contributed by atoms with van der Waals surface area (Å²) in [5.74, 6) is -0.440. The Morgan fingerprint density at radius 1 is 0.800 bits per heavy atom. The third-order valence-electron chi connectivity index (χ3n) is 4.55. The van der Waals surface area contributed by atoms with Crippen LogP contribution in [0.15, 0.2) is 60.7 Å². The largest absolute Gasteiger partial charge is 0.480 e. The van der Waals surface area contributed by atoms with Gasteiger partial charge in [0.15, 0.2) is 0 Å². The van der Waals surface area contributed by atoms with Crippen LogP contribution in [0.4, 0.5) is 0 Å². The maximum Gasteiger partial charge on any atom is 0.321 e. The highest BCUT2D eigenvalue weighted by atomic mass is 33.1. The third-order valence-corrected chi connectivity index (χ3v) is 7.02. The molecule has 0 aromatic heterocycles. The summed E-state index contributed by atoms with van der Waals surface area (Å²) in [6.45, 7) is 1.20. The molecule has 0 spiro atoms. The van der Waals surface area contributed by atoms with E-state index in [0.717, 1.165) is 12.8 Å². The number of carbonyl (C=O) groups excluding carboxylic acids is 1. The topological polar surface area (TPSA) is 110 Å². The molecule has 0 bridgehead atoms. The normalized spacial score (nSPS) is 12.9. The molecule has 0 aliphatic carbocycles. The molecule has 0 saturated carbocycles. The standard InChI is InChI=1S/C22H29N3O3S2/c23-19(15-29-30-16-20(24)22(27)28)21(26)25(13-11-17-7-3-1-4-8-17)14-12-18-9-5-2-6-10-18/h1-10,19-20H,11-16,23-24H2,(H,27,28)/t19-,20-/m0/s1. The first kappa shape index (κ1) is 24.3. The summed E-state index contributed by atoms with van der Waals surface area (Å²) in [7, 11) is 2.71. The molecule has 8 heteroatoms. The lowest BCUT2D eigenvalue weighted by molar-refractivity contribution is -0.138. The molecule has 0 saturated heterocycles. The fraction of sp³-hybridized carbons (Fsp3) is 0.364. The van der Waals surface area contributed by atoms with Gasteiger partial charge in [-0.05, 0) is 24.0 Å². The van der Waals surface area contributed by atoms with Gasteiger partial charge in [-0.2, -0.15) is 0 Å². The van der Waals surface area contributed by atoms with Crippen molar-refractivity contribution >= 4 is 33.5 Å². The average molecular weight is 448 g/mol. The number of aliphatic carboxylic acids is 1. The number of nitrogens with zero attached hydrogens (tertiary/aromatic N) is 1. The fourth-order valence-corrected chi connectivity index (χ4v) is 5.00. The molecule has 0 unspecified atom stereocenters. The van der Waals surface area contributed by atoms with Gasteiger partial charge in [0.05, 0.1) is 6.04 Å². The van der Waals surface area contributed by atoms with E-state index >= 15 is 0 Å². The van der Waals surface area contributed by atoms with Gasteiger partial charge in [-0.3, -0.25) is 9.59 Å². The first-order valence-corrected chi connectivity index (χ1v) is 12.3.